The summed E-state index contributed by atoms with van der Waals surface area (Å²) in [4.78, 5) is 37.4. The summed E-state index contributed by atoms with van der Waals surface area (Å²) in [7, 11) is 3.65. The molecule has 0 atom stereocenters. The fourth-order valence-corrected chi connectivity index (χ4v) is 4.13. The van der Waals surface area contributed by atoms with Gasteiger partial charge in [-0.25, -0.2) is 4.98 Å². The second kappa shape index (κ2) is 8.40. The van der Waals surface area contributed by atoms with E-state index in [-0.39, 0.29) is 17.8 Å². The van der Waals surface area contributed by atoms with Crippen molar-refractivity contribution in [1.29, 1.82) is 0 Å². The van der Waals surface area contributed by atoms with Crippen LogP contribution in [0.5, 0.6) is 11.5 Å². The molecule has 0 amide bonds. The normalized spacial score (nSPS) is 13.3. The van der Waals surface area contributed by atoms with Crippen LogP contribution in [0.25, 0.3) is 11.2 Å². The highest BCUT2D eigenvalue weighted by Crippen LogP contribution is 2.40. The molecule has 1 N–H and O–H groups in total. The molecule has 9 heteroatoms. The first kappa shape index (κ1) is 21.8. The van der Waals surface area contributed by atoms with Crippen molar-refractivity contribution in [2.75, 3.05) is 5.32 Å². The standard InChI is InChI=1S/C25H26N6O3/c1-14(32)9-18-11-19(7-8-26-18)34-21-12-27-23-22(15(21)2)31(4)25(29-23)28-20-10-17(16-5-6-16)13-30(3)24(20)33/h7-8,10-13,16H,5-6,9H2,1-4H3,(H,27,28,29). The van der Waals surface area contributed by atoms with Gasteiger partial charge < -0.3 is 19.2 Å². The minimum atomic E-state index is -0.107. The molecule has 0 unspecified atom stereocenters. The molecule has 1 aliphatic rings. The summed E-state index contributed by atoms with van der Waals surface area (Å²) >= 11 is 0. The third-order valence-electron chi connectivity index (χ3n) is 6.05. The van der Waals surface area contributed by atoms with E-state index in [4.69, 9.17) is 4.74 Å². The summed E-state index contributed by atoms with van der Waals surface area (Å²) in [6, 6.07) is 5.42. The molecular formula is C25H26N6O3. The molecule has 9 nitrogen and oxygen atoms in total. The molecule has 1 fully saturated rings. The van der Waals surface area contributed by atoms with Crippen molar-refractivity contribution in [2.45, 2.75) is 39.0 Å². The minimum Gasteiger partial charge on any atom is -0.455 e. The highest BCUT2D eigenvalue weighted by atomic mass is 16.5. The summed E-state index contributed by atoms with van der Waals surface area (Å²) in [5, 5.41) is 3.21. The maximum absolute atomic E-state index is 12.7. The Morgan fingerprint density at radius 2 is 2.03 bits per heavy atom. The van der Waals surface area contributed by atoms with Gasteiger partial charge in [-0.15, -0.1) is 0 Å². The molecule has 5 rings (SSSR count). The first-order valence-electron chi connectivity index (χ1n) is 11.2. The topological polar surface area (TPSA) is 104 Å². The quantitative estimate of drug-likeness (QED) is 0.448. The molecule has 4 aromatic rings. The number of aryl methyl sites for hydroxylation is 3. The van der Waals surface area contributed by atoms with Gasteiger partial charge in [-0.1, -0.05) is 0 Å². The maximum atomic E-state index is 12.7. The van der Waals surface area contributed by atoms with Crippen molar-refractivity contribution in [1.82, 2.24) is 24.1 Å². The maximum Gasteiger partial charge on any atom is 0.274 e. The molecular weight excluding hydrogens is 432 g/mol. The van der Waals surface area contributed by atoms with Crippen molar-refractivity contribution < 1.29 is 9.53 Å². The lowest BCUT2D eigenvalue weighted by atomic mass is 10.2. The number of ketones is 1. The fraction of sp³-hybridized carbons (Fsp3) is 0.320. The van der Waals surface area contributed by atoms with E-state index < -0.39 is 0 Å². The zero-order valence-corrected chi connectivity index (χ0v) is 19.6. The van der Waals surface area contributed by atoms with Crippen molar-refractivity contribution in [2.24, 2.45) is 14.1 Å². The van der Waals surface area contributed by atoms with Crippen LogP contribution < -0.4 is 15.6 Å². The molecule has 4 aromatic heterocycles. The number of hydrogen-bond donors (Lipinski definition) is 1. The number of carbonyl (C=O) groups excluding carboxylic acids is 1. The highest BCUT2D eigenvalue weighted by molar-refractivity contribution is 5.81. The number of pyridine rings is 3. The Kier molecular flexibility index (Phi) is 5.39. The Morgan fingerprint density at radius 3 is 2.76 bits per heavy atom. The Morgan fingerprint density at radius 1 is 1.24 bits per heavy atom. The van der Waals surface area contributed by atoms with Gasteiger partial charge in [0.25, 0.3) is 5.56 Å². The molecule has 0 radical (unpaired) electrons. The number of imidazole rings is 1. The van der Waals surface area contributed by atoms with Crippen LogP contribution in [0.1, 0.15) is 42.5 Å². The van der Waals surface area contributed by atoms with Gasteiger partial charge in [0.1, 0.15) is 17.2 Å². The lowest BCUT2D eigenvalue weighted by Crippen LogP contribution is -2.20. The largest absolute Gasteiger partial charge is 0.455 e. The predicted molar refractivity (Wildman–Crippen MR) is 129 cm³/mol. The van der Waals surface area contributed by atoms with Gasteiger partial charge in [0.2, 0.25) is 5.95 Å². The van der Waals surface area contributed by atoms with Crippen LogP contribution in [0.3, 0.4) is 0 Å². The molecule has 0 bridgehead atoms. The Hall–Kier alpha value is -4.01. The second-order valence-corrected chi connectivity index (χ2v) is 8.88. The SMILES string of the molecule is CC(=O)Cc1cc(Oc2cnc3nc(Nc4cc(C5CC5)cn(C)c4=O)n(C)c3c2C)ccn1. The van der Waals surface area contributed by atoms with Crippen molar-refractivity contribution in [3.63, 3.8) is 0 Å². The average Bonchev–Trinajstić information content (AvgIpc) is 3.58. The summed E-state index contributed by atoms with van der Waals surface area (Å²) in [6.07, 6.45) is 7.73. The number of carbonyl (C=O) groups is 1. The van der Waals surface area contributed by atoms with Crippen LogP contribution in [0.15, 0.2) is 41.6 Å². The fourth-order valence-electron chi connectivity index (χ4n) is 4.13. The number of nitrogens with one attached hydrogen (secondary N) is 1. The lowest BCUT2D eigenvalue weighted by Gasteiger charge is -2.11. The number of nitrogens with zero attached hydrogens (tertiary/aromatic N) is 5. The van der Waals surface area contributed by atoms with Gasteiger partial charge in [0, 0.05) is 44.5 Å². The molecule has 34 heavy (non-hydrogen) atoms. The summed E-state index contributed by atoms with van der Waals surface area (Å²) in [5.41, 5.74) is 4.41. The molecule has 0 saturated heterocycles. The van der Waals surface area contributed by atoms with Gasteiger partial charge in [-0.05, 0) is 50.3 Å². The van der Waals surface area contributed by atoms with Crippen LogP contribution in [0.4, 0.5) is 11.6 Å². The van der Waals surface area contributed by atoms with Crippen LogP contribution in [-0.4, -0.2) is 29.9 Å². The first-order chi connectivity index (χ1) is 16.3. The Bertz CT molecular complexity index is 1480. The Labute approximate surface area is 196 Å². The molecule has 174 valence electrons. The minimum absolute atomic E-state index is 0.0383. The van der Waals surface area contributed by atoms with Crippen molar-refractivity contribution in [3.05, 3.63) is 64.0 Å². The lowest BCUT2D eigenvalue weighted by molar-refractivity contribution is -0.116. The van der Waals surface area contributed by atoms with Crippen LogP contribution in [0, 0.1) is 6.92 Å². The summed E-state index contributed by atoms with van der Waals surface area (Å²) < 4.78 is 9.57. The van der Waals surface area contributed by atoms with Gasteiger partial charge in [0.15, 0.2) is 11.4 Å². The van der Waals surface area contributed by atoms with E-state index in [1.54, 1.807) is 36.1 Å². The number of aromatic nitrogens is 5. The van der Waals surface area contributed by atoms with E-state index >= 15 is 0 Å². The molecule has 0 aromatic carbocycles. The number of anilines is 2. The molecule has 0 spiro atoms. The van der Waals surface area contributed by atoms with Gasteiger partial charge >= 0.3 is 0 Å². The number of fused-ring (bicyclic) bond motifs is 1. The molecule has 4 heterocycles. The van der Waals surface area contributed by atoms with Crippen molar-refractivity contribution >= 4 is 28.6 Å². The zero-order chi connectivity index (χ0) is 24.0. The number of ether oxygens (including phenoxy) is 1. The van der Waals surface area contributed by atoms with E-state index in [9.17, 15) is 9.59 Å². The predicted octanol–water partition coefficient (Wildman–Crippen LogP) is 3.92. The molecule has 0 aliphatic heterocycles. The number of Topliss-reactive ketones (excluding diaryl/α,β-unsaturated/α-hetero) is 1. The average molecular weight is 459 g/mol. The smallest absolute Gasteiger partial charge is 0.274 e. The summed E-state index contributed by atoms with van der Waals surface area (Å²) in [5.74, 6) is 2.25. The van der Waals surface area contributed by atoms with Gasteiger partial charge in [0.05, 0.1) is 17.4 Å². The van der Waals surface area contributed by atoms with E-state index in [0.29, 0.717) is 40.4 Å². The van der Waals surface area contributed by atoms with Crippen molar-refractivity contribution in [3.8, 4) is 11.5 Å². The number of rotatable bonds is 7. The monoisotopic (exact) mass is 458 g/mol. The Balaban J connectivity index is 1.47. The third-order valence-corrected chi connectivity index (χ3v) is 6.05. The molecule has 1 saturated carbocycles. The van der Waals surface area contributed by atoms with Gasteiger partial charge in [-0.2, -0.15) is 4.98 Å². The molecule has 1 aliphatic carbocycles. The van der Waals surface area contributed by atoms with E-state index in [1.807, 2.05) is 30.8 Å². The van der Waals surface area contributed by atoms with E-state index in [2.05, 4.69) is 20.3 Å². The van der Waals surface area contributed by atoms with Crippen LogP contribution >= 0.6 is 0 Å². The van der Waals surface area contributed by atoms with Gasteiger partial charge in [-0.3, -0.25) is 14.6 Å². The van der Waals surface area contributed by atoms with E-state index in [0.717, 1.165) is 29.5 Å². The first-order valence-corrected chi connectivity index (χ1v) is 11.2. The van der Waals surface area contributed by atoms with Crippen LogP contribution in [0.2, 0.25) is 0 Å². The summed E-state index contributed by atoms with van der Waals surface area (Å²) in [6.45, 7) is 3.47. The van der Waals surface area contributed by atoms with Crippen LogP contribution in [-0.2, 0) is 25.3 Å². The number of hydrogen-bond acceptors (Lipinski definition) is 7. The zero-order valence-electron chi connectivity index (χ0n) is 19.6. The highest BCUT2D eigenvalue weighted by Gasteiger charge is 2.25. The second-order valence-electron chi connectivity index (χ2n) is 8.88. The third kappa shape index (κ3) is 4.16. The van der Waals surface area contributed by atoms with E-state index in [1.165, 1.54) is 6.92 Å².